The van der Waals surface area contributed by atoms with Crippen molar-refractivity contribution in [2.75, 3.05) is 13.1 Å². The molecule has 0 aliphatic carbocycles. The Morgan fingerprint density at radius 3 is 2.52 bits per heavy atom. The number of benzene rings is 2. The molecule has 1 aliphatic heterocycles. The van der Waals surface area contributed by atoms with Crippen molar-refractivity contribution in [2.45, 2.75) is 18.9 Å². The zero-order valence-corrected chi connectivity index (χ0v) is 16.7. The lowest BCUT2D eigenvalue weighted by molar-refractivity contribution is -0.131. The predicted molar refractivity (Wildman–Crippen MR) is 104 cm³/mol. The van der Waals surface area contributed by atoms with Crippen molar-refractivity contribution < 1.29 is 9.59 Å². The van der Waals surface area contributed by atoms with E-state index in [4.69, 9.17) is 0 Å². The summed E-state index contributed by atoms with van der Waals surface area (Å²) in [6, 6.07) is 15.2. The third-order valence-electron chi connectivity index (χ3n) is 4.29. The van der Waals surface area contributed by atoms with Gasteiger partial charge in [-0.15, -0.1) is 0 Å². The molecule has 1 saturated heterocycles. The summed E-state index contributed by atoms with van der Waals surface area (Å²) < 4.78 is 1.84. The molecule has 4 nitrogen and oxygen atoms in total. The van der Waals surface area contributed by atoms with Crippen LogP contribution in [0.3, 0.4) is 0 Å². The first-order valence-corrected chi connectivity index (χ1v) is 9.72. The van der Waals surface area contributed by atoms with Crippen molar-refractivity contribution in [2.24, 2.45) is 0 Å². The summed E-state index contributed by atoms with van der Waals surface area (Å²) in [4.78, 5) is 26.7. The molecule has 1 heterocycles. The summed E-state index contributed by atoms with van der Waals surface area (Å²) >= 11 is 6.83. The van der Waals surface area contributed by atoms with Crippen molar-refractivity contribution in [1.29, 1.82) is 0 Å². The first-order valence-electron chi connectivity index (χ1n) is 8.13. The van der Waals surface area contributed by atoms with Gasteiger partial charge in [0.1, 0.15) is 0 Å². The molecular formula is C19H18Br2N2O2. The third-order valence-corrected chi connectivity index (χ3v) is 5.28. The van der Waals surface area contributed by atoms with E-state index in [0.717, 1.165) is 33.9 Å². The Labute approximate surface area is 163 Å². The maximum absolute atomic E-state index is 12.6. The van der Waals surface area contributed by atoms with E-state index in [1.807, 2.05) is 29.2 Å². The Morgan fingerprint density at radius 2 is 1.80 bits per heavy atom. The topological polar surface area (TPSA) is 49.4 Å². The van der Waals surface area contributed by atoms with Crippen LogP contribution in [0.2, 0.25) is 0 Å². The highest BCUT2D eigenvalue weighted by Crippen LogP contribution is 2.32. The highest BCUT2D eigenvalue weighted by molar-refractivity contribution is 9.10. The molecule has 2 aromatic rings. The number of likely N-dealkylation sites (tertiary alicyclic amines) is 1. The zero-order valence-electron chi connectivity index (χ0n) is 13.5. The highest BCUT2D eigenvalue weighted by Gasteiger charge is 2.30. The standard InChI is InChI=1S/C19H18Br2N2O2/c20-15-6-1-4-13(10-15)17-8-3-9-23(17)18(24)12-22-19(25)14-5-2-7-16(21)11-14/h1-2,4-7,10-11,17H,3,8-9,12H2,(H,22,25). The van der Waals surface area contributed by atoms with Gasteiger partial charge < -0.3 is 10.2 Å². The predicted octanol–water partition coefficient (Wildman–Crippen LogP) is 4.31. The minimum atomic E-state index is -0.243. The Morgan fingerprint density at radius 1 is 1.08 bits per heavy atom. The second-order valence-electron chi connectivity index (χ2n) is 5.99. The second kappa shape index (κ2) is 8.15. The van der Waals surface area contributed by atoms with Crippen LogP contribution in [0.5, 0.6) is 0 Å². The molecule has 0 spiro atoms. The molecule has 6 heteroatoms. The monoisotopic (exact) mass is 464 g/mol. The van der Waals surface area contributed by atoms with Gasteiger partial charge in [-0.2, -0.15) is 0 Å². The lowest BCUT2D eigenvalue weighted by atomic mass is 10.0. The van der Waals surface area contributed by atoms with Gasteiger partial charge >= 0.3 is 0 Å². The number of amides is 2. The first-order chi connectivity index (χ1) is 12.0. The van der Waals surface area contributed by atoms with Crippen LogP contribution in [-0.4, -0.2) is 29.8 Å². The van der Waals surface area contributed by atoms with Gasteiger partial charge in [0.2, 0.25) is 5.91 Å². The minimum absolute atomic E-state index is 0.00977. The summed E-state index contributed by atoms with van der Waals surface area (Å²) in [5.74, 6) is -0.293. The number of rotatable bonds is 4. The fourth-order valence-electron chi connectivity index (χ4n) is 3.11. The lowest BCUT2D eigenvalue weighted by Gasteiger charge is -2.25. The van der Waals surface area contributed by atoms with E-state index in [-0.39, 0.29) is 24.4 Å². The normalized spacial score (nSPS) is 16.7. The van der Waals surface area contributed by atoms with E-state index in [1.165, 1.54) is 0 Å². The van der Waals surface area contributed by atoms with Crippen LogP contribution < -0.4 is 5.32 Å². The van der Waals surface area contributed by atoms with Gasteiger partial charge in [0.25, 0.3) is 5.91 Å². The molecule has 1 aliphatic rings. The lowest BCUT2D eigenvalue weighted by Crippen LogP contribution is -2.39. The number of hydrogen-bond acceptors (Lipinski definition) is 2. The van der Waals surface area contributed by atoms with Crippen molar-refractivity contribution >= 4 is 43.7 Å². The quantitative estimate of drug-likeness (QED) is 0.731. The van der Waals surface area contributed by atoms with E-state index < -0.39 is 0 Å². The summed E-state index contributed by atoms with van der Waals surface area (Å²) in [6.07, 6.45) is 1.92. The number of nitrogens with zero attached hydrogens (tertiary/aromatic N) is 1. The summed E-state index contributed by atoms with van der Waals surface area (Å²) in [5.41, 5.74) is 1.66. The fourth-order valence-corrected chi connectivity index (χ4v) is 3.93. The van der Waals surface area contributed by atoms with Gasteiger partial charge in [-0.05, 0) is 48.7 Å². The Bertz CT molecular complexity index is 794. The maximum Gasteiger partial charge on any atom is 0.251 e. The number of hydrogen-bond donors (Lipinski definition) is 1. The smallest absolute Gasteiger partial charge is 0.251 e. The minimum Gasteiger partial charge on any atom is -0.343 e. The van der Waals surface area contributed by atoms with Crippen LogP contribution in [0.15, 0.2) is 57.5 Å². The van der Waals surface area contributed by atoms with E-state index in [0.29, 0.717) is 5.56 Å². The zero-order chi connectivity index (χ0) is 17.8. The Kier molecular flexibility index (Phi) is 5.91. The largest absolute Gasteiger partial charge is 0.343 e. The van der Waals surface area contributed by atoms with E-state index in [1.54, 1.807) is 18.2 Å². The molecule has 2 aromatic carbocycles. The Hall–Kier alpha value is -1.66. The van der Waals surface area contributed by atoms with Crippen LogP contribution >= 0.6 is 31.9 Å². The van der Waals surface area contributed by atoms with Gasteiger partial charge in [-0.25, -0.2) is 0 Å². The first kappa shape index (κ1) is 18.1. The van der Waals surface area contributed by atoms with Gasteiger partial charge in [0, 0.05) is 21.1 Å². The van der Waals surface area contributed by atoms with Crippen LogP contribution in [-0.2, 0) is 4.79 Å². The fraction of sp³-hybridized carbons (Fsp3) is 0.263. The molecule has 25 heavy (non-hydrogen) atoms. The van der Waals surface area contributed by atoms with Crippen molar-refractivity contribution in [3.8, 4) is 0 Å². The Balaban J connectivity index is 1.63. The van der Waals surface area contributed by atoms with E-state index in [2.05, 4.69) is 43.2 Å². The molecule has 1 atom stereocenters. The van der Waals surface area contributed by atoms with Gasteiger partial charge in [0.05, 0.1) is 12.6 Å². The molecule has 0 bridgehead atoms. The molecule has 1 N–H and O–H groups in total. The van der Waals surface area contributed by atoms with Crippen LogP contribution in [0.4, 0.5) is 0 Å². The summed E-state index contributed by atoms with van der Waals surface area (Å²) in [6.45, 7) is 0.735. The molecule has 1 unspecified atom stereocenters. The van der Waals surface area contributed by atoms with Gasteiger partial charge in [-0.1, -0.05) is 50.1 Å². The molecule has 0 radical (unpaired) electrons. The van der Waals surface area contributed by atoms with E-state index >= 15 is 0 Å². The highest BCUT2D eigenvalue weighted by atomic mass is 79.9. The molecule has 3 rings (SSSR count). The third kappa shape index (κ3) is 4.50. The van der Waals surface area contributed by atoms with Gasteiger partial charge in [-0.3, -0.25) is 9.59 Å². The number of nitrogens with one attached hydrogen (secondary N) is 1. The molecule has 2 amide bonds. The van der Waals surface area contributed by atoms with Gasteiger partial charge in [0.15, 0.2) is 0 Å². The molecule has 1 fully saturated rings. The number of carbonyl (C=O) groups excluding carboxylic acids is 2. The molecule has 0 aromatic heterocycles. The van der Waals surface area contributed by atoms with Crippen molar-refractivity contribution in [1.82, 2.24) is 10.2 Å². The summed E-state index contributed by atoms with van der Waals surface area (Å²) in [5, 5.41) is 2.73. The average molecular weight is 466 g/mol. The summed E-state index contributed by atoms with van der Waals surface area (Å²) in [7, 11) is 0. The number of halogens is 2. The maximum atomic E-state index is 12.6. The van der Waals surface area contributed by atoms with Crippen molar-refractivity contribution in [3.63, 3.8) is 0 Å². The number of carbonyl (C=O) groups is 2. The molecular weight excluding hydrogens is 448 g/mol. The second-order valence-corrected chi connectivity index (χ2v) is 7.82. The molecule has 130 valence electrons. The molecule has 0 saturated carbocycles. The van der Waals surface area contributed by atoms with Crippen LogP contribution in [0.25, 0.3) is 0 Å². The average Bonchev–Trinajstić information content (AvgIpc) is 3.09. The SMILES string of the molecule is O=C(NCC(=O)N1CCCC1c1cccc(Br)c1)c1cccc(Br)c1. The van der Waals surface area contributed by atoms with Crippen LogP contribution in [0, 0.1) is 0 Å². The van der Waals surface area contributed by atoms with Crippen molar-refractivity contribution in [3.05, 3.63) is 68.6 Å². The van der Waals surface area contributed by atoms with E-state index in [9.17, 15) is 9.59 Å². The van der Waals surface area contributed by atoms with Crippen LogP contribution in [0.1, 0.15) is 34.8 Å².